The molecule has 0 amide bonds. The van der Waals surface area contributed by atoms with E-state index in [1.54, 1.807) is 6.33 Å². The van der Waals surface area contributed by atoms with E-state index in [-0.39, 0.29) is 17.0 Å². The number of aromatic nitrogens is 2. The number of nitrogens with one attached hydrogen (secondary N) is 1. The van der Waals surface area contributed by atoms with Crippen molar-refractivity contribution in [3.63, 3.8) is 0 Å². The molecule has 0 fully saturated rings. The number of halogens is 1. The van der Waals surface area contributed by atoms with Crippen molar-refractivity contribution in [2.24, 2.45) is 0 Å². The maximum Gasteiger partial charge on any atom is 0.0927 e. The number of aromatic amines is 1. The van der Waals surface area contributed by atoms with Gasteiger partial charge in [0.2, 0.25) is 0 Å². The summed E-state index contributed by atoms with van der Waals surface area (Å²) in [6.07, 6.45) is 3.57. The molecule has 2 aromatic rings. The monoisotopic (exact) mass is 224 g/mol. The zero-order valence-corrected chi connectivity index (χ0v) is 8.11. The molecule has 3 heteroatoms. The Morgan fingerprint density at radius 2 is 1.83 bits per heavy atom. The third-order valence-corrected chi connectivity index (χ3v) is 1.57. The van der Waals surface area contributed by atoms with E-state index in [4.69, 9.17) is 0 Å². The highest BCUT2D eigenvalue weighted by atomic mass is 79.9. The molecule has 2 nitrogen and oxygen atoms in total. The number of benzene rings is 1. The molecular weight excluding hydrogens is 216 g/mol. The van der Waals surface area contributed by atoms with Gasteiger partial charge in [-0.05, 0) is 0 Å². The number of H-pyrrole nitrogens is 1. The molecule has 0 aliphatic carbocycles. The van der Waals surface area contributed by atoms with Crippen LogP contribution >= 0.6 is 17.0 Å². The third kappa shape index (κ3) is 1.74. The van der Waals surface area contributed by atoms with E-state index < -0.39 is 0 Å². The minimum atomic E-state index is 0. The van der Waals surface area contributed by atoms with Crippen LogP contribution in [0.15, 0.2) is 42.9 Å². The molecule has 0 unspecified atom stereocenters. The van der Waals surface area contributed by atoms with Gasteiger partial charge in [0, 0.05) is 11.8 Å². The van der Waals surface area contributed by atoms with E-state index in [0.717, 1.165) is 11.3 Å². The van der Waals surface area contributed by atoms with Gasteiger partial charge >= 0.3 is 0 Å². The Balaban J connectivity index is 0.000000720. The fourth-order valence-corrected chi connectivity index (χ4v) is 1.03. The molecular formula is C9H9BrN2. The number of rotatable bonds is 1. The van der Waals surface area contributed by atoms with Gasteiger partial charge in [-0.2, -0.15) is 0 Å². The van der Waals surface area contributed by atoms with Crippen LogP contribution in [0, 0.1) is 0 Å². The summed E-state index contributed by atoms with van der Waals surface area (Å²) in [5, 5.41) is 0. The molecule has 1 aromatic carbocycles. The van der Waals surface area contributed by atoms with Gasteiger partial charge in [0.25, 0.3) is 0 Å². The summed E-state index contributed by atoms with van der Waals surface area (Å²) in [5.74, 6) is 0. The smallest absolute Gasteiger partial charge is 0.0927 e. The molecule has 2 rings (SSSR count). The number of hydrogen-bond acceptors (Lipinski definition) is 1. The standard InChI is InChI=1S/C9H8N2.BrH/c1-2-4-8(5-3-1)9-6-10-7-11-9;/h1-7H,(H,10,11);1H. The molecule has 0 bridgehead atoms. The van der Waals surface area contributed by atoms with Crippen molar-refractivity contribution in [2.45, 2.75) is 0 Å². The van der Waals surface area contributed by atoms with E-state index in [2.05, 4.69) is 9.97 Å². The Labute approximate surface area is 81.4 Å². The number of hydrogen-bond donors (Lipinski definition) is 1. The van der Waals surface area contributed by atoms with E-state index >= 15 is 0 Å². The molecule has 0 spiro atoms. The van der Waals surface area contributed by atoms with Crippen molar-refractivity contribution in [3.05, 3.63) is 42.9 Å². The first kappa shape index (κ1) is 9.00. The Hall–Kier alpha value is -1.09. The summed E-state index contributed by atoms with van der Waals surface area (Å²) in [5.41, 5.74) is 2.14. The van der Waals surface area contributed by atoms with Crippen LogP contribution in [-0.2, 0) is 0 Å². The van der Waals surface area contributed by atoms with Crippen molar-refractivity contribution in [3.8, 4) is 11.3 Å². The summed E-state index contributed by atoms with van der Waals surface area (Å²) in [6, 6.07) is 10.1. The van der Waals surface area contributed by atoms with Gasteiger partial charge in [0.15, 0.2) is 0 Å². The second kappa shape index (κ2) is 4.07. The molecule has 1 aromatic heterocycles. The first-order valence-electron chi connectivity index (χ1n) is 3.51. The van der Waals surface area contributed by atoms with Gasteiger partial charge in [-0.25, -0.2) is 4.98 Å². The Morgan fingerprint density at radius 1 is 1.08 bits per heavy atom. The summed E-state index contributed by atoms with van der Waals surface area (Å²) < 4.78 is 0. The predicted molar refractivity (Wildman–Crippen MR) is 54.3 cm³/mol. The van der Waals surface area contributed by atoms with Crippen LogP contribution in [0.2, 0.25) is 0 Å². The van der Waals surface area contributed by atoms with Crippen LogP contribution in [0.4, 0.5) is 0 Å². The van der Waals surface area contributed by atoms with Crippen LogP contribution in [0.3, 0.4) is 0 Å². The molecule has 0 aliphatic rings. The van der Waals surface area contributed by atoms with Gasteiger partial charge in [-0.15, -0.1) is 17.0 Å². The zero-order chi connectivity index (χ0) is 7.52. The van der Waals surface area contributed by atoms with Crippen LogP contribution in [0.1, 0.15) is 0 Å². The maximum atomic E-state index is 4.13. The number of imidazole rings is 1. The van der Waals surface area contributed by atoms with Crippen molar-refractivity contribution in [2.75, 3.05) is 0 Å². The summed E-state index contributed by atoms with van der Waals surface area (Å²) in [6.45, 7) is 0. The first-order valence-corrected chi connectivity index (χ1v) is 3.51. The lowest BCUT2D eigenvalue weighted by Gasteiger charge is -1.92. The van der Waals surface area contributed by atoms with E-state index in [0.29, 0.717) is 0 Å². The molecule has 0 saturated heterocycles. The lowest BCUT2D eigenvalue weighted by atomic mass is 10.2. The quantitative estimate of drug-likeness (QED) is 0.793. The van der Waals surface area contributed by atoms with E-state index in [1.807, 2.05) is 36.5 Å². The maximum absolute atomic E-state index is 4.13. The van der Waals surface area contributed by atoms with E-state index in [9.17, 15) is 0 Å². The van der Waals surface area contributed by atoms with Gasteiger partial charge in [-0.1, -0.05) is 30.3 Å². The predicted octanol–water partition coefficient (Wildman–Crippen LogP) is 2.65. The van der Waals surface area contributed by atoms with Crippen LogP contribution in [-0.4, -0.2) is 9.97 Å². The molecule has 1 heterocycles. The second-order valence-electron chi connectivity index (χ2n) is 2.32. The fourth-order valence-electron chi connectivity index (χ4n) is 1.03. The molecule has 0 atom stereocenters. The molecule has 0 saturated carbocycles. The Bertz CT molecular complexity index is 316. The van der Waals surface area contributed by atoms with E-state index in [1.165, 1.54) is 0 Å². The van der Waals surface area contributed by atoms with Gasteiger partial charge in [0.1, 0.15) is 0 Å². The molecule has 12 heavy (non-hydrogen) atoms. The average molecular weight is 225 g/mol. The molecule has 62 valence electrons. The third-order valence-electron chi connectivity index (χ3n) is 1.57. The largest absolute Gasteiger partial charge is 0.351 e. The molecule has 1 N–H and O–H groups in total. The van der Waals surface area contributed by atoms with Crippen molar-refractivity contribution < 1.29 is 0 Å². The lowest BCUT2D eigenvalue weighted by Crippen LogP contribution is -1.73. The topological polar surface area (TPSA) is 28.7 Å². The van der Waals surface area contributed by atoms with Gasteiger partial charge in [-0.3, -0.25) is 0 Å². The minimum absolute atomic E-state index is 0. The molecule has 0 aliphatic heterocycles. The minimum Gasteiger partial charge on any atom is -0.351 e. The van der Waals surface area contributed by atoms with Gasteiger partial charge < -0.3 is 4.98 Å². The second-order valence-corrected chi connectivity index (χ2v) is 2.32. The van der Waals surface area contributed by atoms with Crippen molar-refractivity contribution >= 4 is 17.0 Å². The highest BCUT2D eigenvalue weighted by molar-refractivity contribution is 8.93. The van der Waals surface area contributed by atoms with Crippen LogP contribution < -0.4 is 0 Å². The van der Waals surface area contributed by atoms with Crippen LogP contribution in [0.25, 0.3) is 11.3 Å². The Morgan fingerprint density at radius 3 is 2.42 bits per heavy atom. The fraction of sp³-hybridized carbons (Fsp3) is 0. The SMILES string of the molecule is Br.c1ccc(-c2c[nH]cn2)cc1. The van der Waals surface area contributed by atoms with Crippen molar-refractivity contribution in [1.82, 2.24) is 9.97 Å². The highest BCUT2D eigenvalue weighted by Crippen LogP contribution is 2.13. The summed E-state index contributed by atoms with van der Waals surface area (Å²) >= 11 is 0. The van der Waals surface area contributed by atoms with Crippen molar-refractivity contribution in [1.29, 1.82) is 0 Å². The number of nitrogens with zero attached hydrogens (tertiary/aromatic N) is 1. The van der Waals surface area contributed by atoms with Gasteiger partial charge in [0.05, 0.1) is 12.0 Å². The normalized spacial score (nSPS) is 9.00. The first-order chi connectivity index (χ1) is 5.47. The summed E-state index contributed by atoms with van der Waals surface area (Å²) in [7, 11) is 0. The highest BCUT2D eigenvalue weighted by Gasteiger charge is 1.94. The van der Waals surface area contributed by atoms with Crippen LogP contribution in [0.5, 0.6) is 0 Å². The zero-order valence-electron chi connectivity index (χ0n) is 6.40. The lowest BCUT2D eigenvalue weighted by molar-refractivity contribution is 1.31. The molecule has 0 radical (unpaired) electrons. The Kier molecular flexibility index (Phi) is 3.05. The summed E-state index contributed by atoms with van der Waals surface area (Å²) in [4.78, 5) is 7.05. The average Bonchev–Trinajstić information content (AvgIpc) is 2.58.